The molecule has 5 heteroatoms. The highest BCUT2D eigenvalue weighted by Gasteiger charge is 2.22. The number of rotatable bonds is 1. The zero-order valence-electron chi connectivity index (χ0n) is 11.7. The topological polar surface area (TPSA) is 67.4 Å². The zero-order valence-corrected chi connectivity index (χ0v) is 11.7. The average Bonchev–Trinajstić information content (AvgIpc) is 2.56. The Bertz CT molecular complexity index is 753. The van der Waals surface area contributed by atoms with E-state index in [1.165, 1.54) is 6.92 Å². The van der Waals surface area contributed by atoms with Crippen molar-refractivity contribution in [2.24, 2.45) is 0 Å². The molecule has 1 aliphatic heterocycles. The van der Waals surface area contributed by atoms with Gasteiger partial charge in [-0.2, -0.15) is 0 Å². The van der Waals surface area contributed by atoms with Crippen LogP contribution in [0.5, 0.6) is 11.5 Å². The van der Waals surface area contributed by atoms with Gasteiger partial charge < -0.3 is 15.4 Å². The molecule has 0 aromatic heterocycles. The van der Waals surface area contributed by atoms with Gasteiger partial charge in [0.2, 0.25) is 5.91 Å². The SMILES string of the molecule is CC(=O)Nc1ccc2c(c1)C(=O)Nc1c(C)cccc1O2. The maximum Gasteiger partial charge on any atom is 0.259 e. The largest absolute Gasteiger partial charge is 0.454 e. The molecule has 0 fully saturated rings. The molecule has 2 amide bonds. The van der Waals surface area contributed by atoms with Gasteiger partial charge in [0.1, 0.15) is 5.75 Å². The van der Waals surface area contributed by atoms with Gasteiger partial charge in [-0.1, -0.05) is 12.1 Å². The Labute approximate surface area is 121 Å². The third-order valence-corrected chi connectivity index (χ3v) is 3.24. The number of benzene rings is 2. The van der Waals surface area contributed by atoms with E-state index < -0.39 is 0 Å². The summed E-state index contributed by atoms with van der Waals surface area (Å²) in [5.41, 5.74) is 2.54. The Kier molecular flexibility index (Phi) is 3.10. The smallest absolute Gasteiger partial charge is 0.259 e. The van der Waals surface area contributed by atoms with Gasteiger partial charge in [0.05, 0.1) is 11.3 Å². The summed E-state index contributed by atoms with van der Waals surface area (Å²) in [6.45, 7) is 3.32. The Morgan fingerprint density at radius 3 is 2.76 bits per heavy atom. The van der Waals surface area contributed by atoms with Crippen LogP contribution >= 0.6 is 0 Å². The molecule has 1 aliphatic rings. The lowest BCUT2D eigenvalue weighted by Crippen LogP contribution is -2.12. The number of anilines is 2. The van der Waals surface area contributed by atoms with E-state index in [2.05, 4.69) is 10.6 Å². The standard InChI is InChI=1S/C16H14N2O3/c1-9-4-3-5-14-15(9)18-16(20)12-8-11(17-10(2)19)6-7-13(12)21-14/h3-8H,1-2H3,(H,17,19)(H,18,20). The van der Waals surface area contributed by atoms with Gasteiger partial charge in [-0.15, -0.1) is 0 Å². The average molecular weight is 282 g/mol. The lowest BCUT2D eigenvalue weighted by molar-refractivity contribution is -0.114. The number of ether oxygens (including phenoxy) is 1. The predicted octanol–water partition coefficient (Wildman–Crippen LogP) is 3.31. The first-order chi connectivity index (χ1) is 10.0. The summed E-state index contributed by atoms with van der Waals surface area (Å²) >= 11 is 0. The van der Waals surface area contributed by atoms with Crippen LogP contribution < -0.4 is 15.4 Å². The van der Waals surface area contributed by atoms with Gasteiger partial charge in [0.15, 0.2) is 5.75 Å². The summed E-state index contributed by atoms with van der Waals surface area (Å²) in [6.07, 6.45) is 0. The van der Waals surface area contributed by atoms with Crippen LogP contribution in [0, 0.1) is 6.92 Å². The molecule has 5 nitrogen and oxygen atoms in total. The number of para-hydroxylation sites is 1. The summed E-state index contributed by atoms with van der Waals surface area (Å²) in [4.78, 5) is 23.5. The highest BCUT2D eigenvalue weighted by atomic mass is 16.5. The van der Waals surface area contributed by atoms with Gasteiger partial charge in [0.25, 0.3) is 5.91 Å². The van der Waals surface area contributed by atoms with Crippen molar-refractivity contribution in [2.75, 3.05) is 10.6 Å². The van der Waals surface area contributed by atoms with Crippen molar-refractivity contribution < 1.29 is 14.3 Å². The van der Waals surface area contributed by atoms with E-state index in [1.54, 1.807) is 24.3 Å². The van der Waals surface area contributed by atoms with Crippen molar-refractivity contribution in [3.63, 3.8) is 0 Å². The van der Waals surface area contributed by atoms with Crippen molar-refractivity contribution >= 4 is 23.2 Å². The molecule has 0 radical (unpaired) electrons. The van der Waals surface area contributed by atoms with E-state index in [0.29, 0.717) is 28.4 Å². The van der Waals surface area contributed by atoms with Crippen LogP contribution in [0.3, 0.4) is 0 Å². The fourth-order valence-corrected chi connectivity index (χ4v) is 2.26. The Morgan fingerprint density at radius 1 is 1.19 bits per heavy atom. The van der Waals surface area contributed by atoms with E-state index >= 15 is 0 Å². The number of amides is 2. The third kappa shape index (κ3) is 2.45. The highest BCUT2D eigenvalue weighted by Crippen LogP contribution is 2.38. The van der Waals surface area contributed by atoms with Gasteiger partial charge in [-0.05, 0) is 36.8 Å². The first kappa shape index (κ1) is 13.2. The van der Waals surface area contributed by atoms with E-state index in [0.717, 1.165) is 5.56 Å². The molecule has 2 aromatic carbocycles. The molecule has 0 aliphatic carbocycles. The second-order valence-electron chi connectivity index (χ2n) is 4.90. The molecule has 0 bridgehead atoms. The van der Waals surface area contributed by atoms with Crippen LogP contribution in [0.25, 0.3) is 0 Å². The van der Waals surface area contributed by atoms with Crippen molar-refractivity contribution in [3.05, 3.63) is 47.5 Å². The quantitative estimate of drug-likeness (QED) is 0.843. The first-order valence-corrected chi connectivity index (χ1v) is 6.55. The van der Waals surface area contributed by atoms with Crippen molar-refractivity contribution in [1.82, 2.24) is 0 Å². The summed E-state index contributed by atoms with van der Waals surface area (Å²) < 4.78 is 5.82. The summed E-state index contributed by atoms with van der Waals surface area (Å²) in [7, 11) is 0. The van der Waals surface area contributed by atoms with E-state index in [-0.39, 0.29) is 11.8 Å². The van der Waals surface area contributed by atoms with E-state index in [1.807, 2.05) is 19.1 Å². The first-order valence-electron chi connectivity index (χ1n) is 6.55. The molecule has 2 N–H and O–H groups in total. The Morgan fingerprint density at radius 2 is 2.00 bits per heavy atom. The number of carbonyl (C=O) groups excluding carboxylic acids is 2. The minimum atomic E-state index is -0.259. The Balaban J connectivity index is 2.06. The lowest BCUT2D eigenvalue weighted by atomic mass is 10.1. The molecule has 0 saturated carbocycles. The molecule has 2 aromatic rings. The molecule has 0 spiro atoms. The second-order valence-corrected chi connectivity index (χ2v) is 4.90. The minimum absolute atomic E-state index is 0.191. The van der Waals surface area contributed by atoms with Gasteiger partial charge in [0, 0.05) is 12.6 Å². The number of hydrogen-bond acceptors (Lipinski definition) is 3. The summed E-state index contributed by atoms with van der Waals surface area (Å²) in [6, 6.07) is 10.6. The normalized spacial score (nSPS) is 12.4. The monoisotopic (exact) mass is 282 g/mol. The molecule has 106 valence electrons. The molecular formula is C16H14N2O3. The van der Waals surface area contributed by atoms with E-state index in [4.69, 9.17) is 4.74 Å². The predicted molar refractivity (Wildman–Crippen MR) is 80.0 cm³/mol. The number of hydrogen-bond donors (Lipinski definition) is 2. The fraction of sp³-hybridized carbons (Fsp3) is 0.125. The molecule has 3 rings (SSSR count). The van der Waals surface area contributed by atoms with Crippen LogP contribution in [0.15, 0.2) is 36.4 Å². The molecule has 21 heavy (non-hydrogen) atoms. The molecular weight excluding hydrogens is 268 g/mol. The molecule has 0 unspecified atom stereocenters. The maximum atomic E-state index is 12.4. The van der Waals surface area contributed by atoms with Crippen LogP contribution in [-0.4, -0.2) is 11.8 Å². The van der Waals surface area contributed by atoms with Crippen molar-refractivity contribution in [2.45, 2.75) is 13.8 Å². The molecule has 1 heterocycles. The van der Waals surface area contributed by atoms with Crippen LogP contribution in [0.2, 0.25) is 0 Å². The lowest BCUT2D eigenvalue weighted by Gasteiger charge is -2.09. The number of nitrogens with one attached hydrogen (secondary N) is 2. The minimum Gasteiger partial charge on any atom is -0.454 e. The third-order valence-electron chi connectivity index (χ3n) is 3.24. The summed E-state index contributed by atoms with van der Waals surface area (Å²) in [5, 5.41) is 5.50. The van der Waals surface area contributed by atoms with E-state index in [9.17, 15) is 9.59 Å². The van der Waals surface area contributed by atoms with Gasteiger partial charge in [-0.25, -0.2) is 0 Å². The van der Waals surface area contributed by atoms with Crippen LogP contribution in [0.4, 0.5) is 11.4 Å². The molecule has 0 saturated heterocycles. The number of fused-ring (bicyclic) bond motifs is 2. The number of carbonyl (C=O) groups is 2. The zero-order chi connectivity index (χ0) is 15.0. The highest BCUT2D eigenvalue weighted by molar-refractivity contribution is 6.09. The fourth-order valence-electron chi connectivity index (χ4n) is 2.26. The molecule has 0 atom stereocenters. The van der Waals surface area contributed by atoms with Crippen molar-refractivity contribution in [3.8, 4) is 11.5 Å². The number of aryl methyl sites for hydroxylation is 1. The Hall–Kier alpha value is -2.82. The summed E-state index contributed by atoms with van der Waals surface area (Å²) in [5.74, 6) is 0.620. The van der Waals surface area contributed by atoms with Gasteiger partial charge in [-0.3, -0.25) is 9.59 Å². The van der Waals surface area contributed by atoms with Crippen LogP contribution in [0.1, 0.15) is 22.8 Å². The van der Waals surface area contributed by atoms with Crippen molar-refractivity contribution in [1.29, 1.82) is 0 Å². The van der Waals surface area contributed by atoms with Crippen LogP contribution in [-0.2, 0) is 4.79 Å². The maximum absolute atomic E-state index is 12.4. The van der Waals surface area contributed by atoms with Gasteiger partial charge >= 0.3 is 0 Å². The second kappa shape index (κ2) is 4.94.